The molecule has 1 aromatic carbocycles. The van der Waals surface area contributed by atoms with Crippen LogP contribution in [0.3, 0.4) is 0 Å². The number of hydrogen-bond acceptors (Lipinski definition) is 3. The SMILES string of the molecule is CCOC1CCCN(c2cc(Cl)ccc2CNC)C1. The van der Waals surface area contributed by atoms with Crippen molar-refractivity contribution in [1.82, 2.24) is 5.32 Å². The smallest absolute Gasteiger partial charge is 0.0750 e. The first kappa shape index (κ1) is 14.6. The molecule has 1 atom stereocenters. The molecule has 1 aliphatic heterocycles. The molecule has 3 nitrogen and oxygen atoms in total. The molecule has 0 spiro atoms. The number of anilines is 1. The Morgan fingerprint density at radius 3 is 3.05 bits per heavy atom. The van der Waals surface area contributed by atoms with Crippen LogP contribution in [0.25, 0.3) is 0 Å². The second-order valence-corrected chi connectivity index (χ2v) is 5.41. The summed E-state index contributed by atoms with van der Waals surface area (Å²) in [5.74, 6) is 0. The van der Waals surface area contributed by atoms with Crippen molar-refractivity contribution in [3.8, 4) is 0 Å². The zero-order valence-corrected chi connectivity index (χ0v) is 12.5. The van der Waals surface area contributed by atoms with Crippen LogP contribution in [0.2, 0.25) is 5.02 Å². The van der Waals surface area contributed by atoms with Crippen LogP contribution < -0.4 is 10.2 Å². The molecule has 1 aliphatic rings. The van der Waals surface area contributed by atoms with Gasteiger partial charge in [0.2, 0.25) is 0 Å². The summed E-state index contributed by atoms with van der Waals surface area (Å²) in [6.07, 6.45) is 2.68. The van der Waals surface area contributed by atoms with Gasteiger partial charge in [-0.25, -0.2) is 0 Å². The highest BCUT2D eigenvalue weighted by molar-refractivity contribution is 6.30. The molecular weight excluding hydrogens is 260 g/mol. The van der Waals surface area contributed by atoms with E-state index in [0.717, 1.165) is 37.7 Å². The van der Waals surface area contributed by atoms with Crippen molar-refractivity contribution in [3.63, 3.8) is 0 Å². The molecule has 0 bridgehead atoms. The molecule has 1 heterocycles. The summed E-state index contributed by atoms with van der Waals surface area (Å²) < 4.78 is 5.77. The average molecular weight is 283 g/mol. The number of ether oxygens (including phenoxy) is 1. The quantitative estimate of drug-likeness (QED) is 0.898. The zero-order valence-electron chi connectivity index (χ0n) is 11.8. The van der Waals surface area contributed by atoms with E-state index in [1.807, 2.05) is 13.1 Å². The van der Waals surface area contributed by atoms with Crippen molar-refractivity contribution in [1.29, 1.82) is 0 Å². The van der Waals surface area contributed by atoms with Crippen LogP contribution in [0, 0.1) is 0 Å². The van der Waals surface area contributed by atoms with Gasteiger partial charge in [0.15, 0.2) is 0 Å². The van der Waals surface area contributed by atoms with E-state index < -0.39 is 0 Å². The number of piperidine rings is 1. The summed E-state index contributed by atoms with van der Waals surface area (Å²) >= 11 is 6.16. The number of nitrogens with zero attached hydrogens (tertiary/aromatic N) is 1. The number of halogens is 1. The lowest BCUT2D eigenvalue weighted by Gasteiger charge is -2.35. The monoisotopic (exact) mass is 282 g/mol. The summed E-state index contributed by atoms with van der Waals surface area (Å²) in [5.41, 5.74) is 2.54. The minimum atomic E-state index is 0.347. The number of nitrogens with one attached hydrogen (secondary N) is 1. The molecule has 0 aliphatic carbocycles. The number of hydrogen-bond donors (Lipinski definition) is 1. The normalized spacial score (nSPS) is 19.7. The van der Waals surface area contributed by atoms with Gasteiger partial charge in [-0.15, -0.1) is 0 Å². The van der Waals surface area contributed by atoms with Gasteiger partial charge >= 0.3 is 0 Å². The lowest BCUT2D eigenvalue weighted by Crippen LogP contribution is -2.40. The fourth-order valence-electron chi connectivity index (χ4n) is 2.70. The van der Waals surface area contributed by atoms with E-state index in [9.17, 15) is 0 Å². The lowest BCUT2D eigenvalue weighted by molar-refractivity contribution is 0.0526. The second kappa shape index (κ2) is 7.13. The second-order valence-electron chi connectivity index (χ2n) is 4.97. The van der Waals surface area contributed by atoms with Crippen molar-refractivity contribution in [3.05, 3.63) is 28.8 Å². The zero-order chi connectivity index (χ0) is 13.7. The maximum Gasteiger partial charge on any atom is 0.0750 e. The van der Waals surface area contributed by atoms with Crippen LogP contribution in [-0.2, 0) is 11.3 Å². The molecule has 1 aromatic rings. The Morgan fingerprint density at radius 1 is 1.47 bits per heavy atom. The van der Waals surface area contributed by atoms with Gasteiger partial charge in [-0.2, -0.15) is 0 Å². The van der Waals surface area contributed by atoms with E-state index in [0.29, 0.717) is 6.10 Å². The summed E-state index contributed by atoms with van der Waals surface area (Å²) in [5, 5.41) is 4.02. The van der Waals surface area contributed by atoms with E-state index in [4.69, 9.17) is 16.3 Å². The summed E-state index contributed by atoms with van der Waals surface area (Å²) in [7, 11) is 1.97. The van der Waals surface area contributed by atoms with Gasteiger partial charge in [0, 0.05) is 37.0 Å². The minimum Gasteiger partial charge on any atom is -0.377 e. The van der Waals surface area contributed by atoms with Crippen LogP contribution in [0.1, 0.15) is 25.3 Å². The highest BCUT2D eigenvalue weighted by Gasteiger charge is 2.22. The number of rotatable bonds is 5. The first-order valence-corrected chi connectivity index (χ1v) is 7.42. The lowest BCUT2D eigenvalue weighted by atomic mass is 10.0. The van der Waals surface area contributed by atoms with Gasteiger partial charge < -0.3 is 15.0 Å². The molecule has 1 unspecified atom stereocenters. The third-order valence-corrected chi connectivity index (χ3v) is 3.77. The van der Waals surface area contributed by atoms with Crippen LogP contribution in [0.15, 0.2) is 18.2 Å². The van der Waals surface area contributed by atoms with Crippen molar-refractivity contribution >= 4 is 17.3 Å². The van der Waals surface area contributed by atoms with E-state index >= 15 is 0 Å². The fourth-order valence-corrected chi connectivity index (χ4v) is 2.87. The van der Waals surface area contributed by atoms with Crippen LogP contribution in [0.5, 0.6) is 0 Å². The van der Waals surface area contributed by atoms with Crippen LogP contribution in [0.4, 0.5) is 5.69 Å². The van der Waals surface area contributed by atoms with Crippen molar-refractivity contribution < 1.29 is 4.74 Å². The van der Waals surface area contributed by atoms with Gasteiger partial charge in [0.1, 0.15) is 0 Å². The van der Waals surface area contributed by atoms with Crippen LogP contribution in [-0.4, -0.2) is 32.8 Å². The largest absolute Gasteiger partial charge is 0.377 e. The predicted octanol–water partition coefficient (Wildman–Crippen LogP) is 3.06. The highest BCUT2D eigenvalue weighted by Crippen LogP contribution is 2.28. The maximum atomic E-state index is 6.16. The Hall–Kier alpha value is -0.770. The first-order chi connectivity index (χ1) is 9.24. The molecule has 106 valence electrons. The molecule has 0 amide bonds. The minimum absolute atomic E-state index is 0.347. The van der Waals surface area contributed by atoms with Crippen molar-refractivity contribution in [2.75, 3.05) is 31.6 Å². The van der Waals surface area contributed by atoms with Gasteiger partial charge in [-0.05, 0) is 44.5 Å². The molecule has 2 rings (SSSR count). The van der Waals surface area contributed by atoms with Gasteiger partial charge in [-0.1, -0.05) is 17.7 Å². The maximum absolute atomic E-state index is 6.16. The van der Waals surface area contributed by atoms with Crippen LogP contribution >= 0.6 is 11.6 Å². The Bertz CT molecular complexity index is 409. The summed E-state index contributed by atoms with van der Waals surface area (Å²) in [4.78, 5) is 2.41. The highest BCUT2D eigenvalue weighted by atomic mass is 35.5. The molecule has 1 saturated heterocycles. The molecular formula is C15H23ClN2O. The number of benzene rings is 1. The van der Waals surface area contributed by atoms with Gasteiger partial charge in [0.25, 0.3) is 0 Å². The Balaban J connectivity index is 2.17. The molecule has 0 radical (unpaired) electrons. The standard InChI is InChI=1S/C15H23ClN2O/c1-3-19-14-5-4-8-18(11-14)15-9-13(16)7-6-12(15)10-17-2/h6-7,9,14,17H,3-5,8,10-11H2,1-2H3. The predicted molar refractivity (Wildman–Crippen MR) is 81.1 cm³/mol. The van der Waals surface area contributed by atoms with E-state index in [-0.39, 0.29) is 0 Å². The molecule has 1 N–H and O–H groups in total. The Morgan fingerprint density at radius 2 is 2.32 bits per heavy atom. The molecule has 1 fully saturated rings. The van der Waals surface area contributed by atoms with E-state index in [2.05, 4.69) is 29.3 Å². The fraction of sp³-hybridized carbons (Fsp3) is 0.600. The average Bonchev–Trinajstić information content (AvgIpc) is 2.42. The van der Waals surface area contributed by atoms with E-state index in [1.54, 1.807) is 0 Å². The van der Waals surface area contributed by atoms with Gasteiger partial charge in [-0.3, -0.25) is 0 Å². The first-order valence-electron chi connectivity index (χ1n) is 7.04. The molecule has 0 aromatic heterocycles. The molecule has 4 heteroatoms. The topological polar surface area (TPSA) is 24.5 Å². The van der Waals surface area contributed by atoms with Crippen molar-refractivity contribution in [2.24, 2.45) is 0 Å². The van der Waals surface area contributed by atoms with Crippen molar-refractivity contribution in [2.45, 2.75) is 32.4 Å². The van der Waals surface area contributed by atoms with E-state index in [1.165, 1.54) is 17.7 Å². The molecule has 0 saturated carbocycles. The summed E-state index contributed by atoms with van der Waals surface area (Å²) in [6.45, 7) is 5.76. The molecule has 19 heavy (non-hydrogen) atoms. The Labute approximate surface area is 120 Å². The van der Waals surface area contributed by atoms with Gasteiger partial charge in [0.05, 0.1) is 6.10 Å². The third-order valence-electron chi connectivity index (χ3n) is 3.54. The third kappa shape index (κ3) is 3.85. The summed E-state index contributed by atoms with van der Waals surface area (Å²) in [6, 6.07) is 6.14. The Kier molecular flexibility index (Phi) is 5.49.